The molecular weight excluding hydrogens is 269 g/mol. The van der Waals surface area contributed by atoms with Crippen molar-refractivity contribution < 1.29 is 18.7 Å². The molecule has 7 nitrogen and oxygen atoms in total. The summed E-state index contributed by atoms with van der Waals surface area (Å²) in [6.45, 7) is 4.87. The fraction of sp³-hybridized carbons (Fsp3) is 0.583. The highest BCUT2D eigenvalue weighted by molar-refractivity contribution is 5.66. The normalized spacial score (nSPS) is 29.4. The van der Waals surface area contributed by atoms with Crippen molar-refractivity contribution in [3.63, 3.8) is 0 Å². The monoisotopic (exact) mass is 285 g/mol. The highest BCUT2D eigenvalue weighted by Gasteiger charge is 2.43. The van der Waals surface area contributed by atoms with Gasteiger partial charge >= 0.3 is 11.7 Å². The Kier molecular flexibility index (Phi) is 3.76. The van der Waals surface area contributed by atoms with Crippen LogP contribution in [-0.4, -0.2) is 27.7 Å². The van der Waals surface area contributed by atoms with Crippen molar-refractivity contribution in [3.05, 3.63) is 22.5 Å². The number of aromatic nitrogens is 2. The van der Waals surface area contributed by atoms with Gasteiger partial charge in [-0.25, -0.2) is 9.18 Å². The zero-order valence-electron chi connectivity index (χ0n) is 11.4. The van der Waals surface area contributed by atoms with Crippen molar-refractivity contribution in [2.24, 2.45) is 5.92 Å². The molecule has 0 radical (unpaired) electrons. The van der Waals surface area contributed by atoms with Crippen LogP contribution in [0, 0.1) is 11.7 Å². The summed E-state index contributed by atoms with van der Waals surface area (Å²) in [7, 11) is 0. The van der Waals surface area contributed by atoms with E-state index in [0.717, 1.165) is 10.8 Å². The van der Waals surface area contributed by atoms with Gasteiger partial charge in [-0.05, 0) is 6.92 Å². The second-order valence-corrected chi connectivity index (χ2v) is 4.83. The number of halogens is 1. The maximum absolute atomic E-state index is 13.5. The van der Waals surface area contributed by atoms with E-state index in [1.807, 2.05) is 6.92 Å². The minimum atomic E-state index is -0.918. The Morgan fingerprint density at radius 2 is 2.20 bits per heavy atom. The molecule has 2 heterocycles. The molecule has 20 heavy (non-hydrogen) atoms. The summed E-state index contributed by atoms with van der Waals surface area (Å²) < 4.78 is 25.2. The minimum Gasteiger partial charge on any atom is -0.457 e. The second-order valence-electron chi connectivity index (χ2n) is 4.83. The van der Waals surface area contributed by atoms with Crippen LogP contribution in [0.25, 0.3) is 0 Å². The van der Waals surface area contributed by atoms with Crippen molar-refractivity contribution in [3.8, 4) is 0 Å². The molecule has 0 aliphatic carbocycles. The van der Waals surface area contributed by atoms with Gasteiger partial charge in [0.15, 0.2) is 24.0 Å². The van der Waals surface area contributed by atoms with E-state index < -0.39 is 35.6 Å². The molecule has 2 N–H and O–H groups in total. The quantitative estimate of drug-likeness (QED) is 0.792. The number of hydrogen-bond donors (Lipinski definition) is 1. The number of carbonyl (C=O) groups is 1. The molecule has 4 atom stereocenters. The number of carbonyl (C=O) groups excluding carboxylic acids is 1. The van der Waals surface area contributed by atoms with Gasteiger partial charge < -0.3 is 15.2 Å². The van der Waals surface area contributed by atoms with Gasteiger partial charge in [0.05, 0.1) is 12.3 Å². The van der Waals surface area contributed by atoms with E-state index >= 15 is 0 Å². The first-order chi connectivity index (χ1) is 9.31. The minimum absolute atomic E-state index is 0.142. The van der Waals surface area contributed by atoms with E-state index in [-0.39, 0.29) is 12.0 Å². The number of ether oxygens (including phenoxy) is 2. The topological polar surface area (TPSA) is 96.4 Å². The Morgan fingerprint density at radius 3 is 2.80 bits per heavy atom. The first-order valence-corrected chi connectivity index (χ1v) is 6.18. The Morgan fingerprint density at radius 1 is 1.55 bits per heavy atom. The summed E-state index contributed by atoms with van der Waals surface area (Å²) in [5.41, 5.74) is 4.48. The van der Waals surface area contributed by atoms with Gasteiger partial charge in [0.25, 0.3) is 0 Å². The number of nitrogens with two attached hydrogens (primary N) is 1. The van der Waals surface area contributed by atoms with Gasteiger partial charge in [-0.3, -0.25) is 9.36 Å². The van der Waals surface area contributed by atoms with Gasteiger partial charge in [-0.2, -0.15) is 4.98 Å². The third-order valence-electron chi connectivity index (χ3n) is 3.40. The van der Waals surface area contributed by atoms with Crippen LogP contribution in [0.2, 0.25) is 0 Å². The second kappa shape index (κ2) is 5.20. The van der Waals surface area contributed by atoms with Crippen LogP contribution in [0.5, 0.6) is 0 Å². The van der Waals surface area contributed by atoms with Gasteiger partial charge in [0.2, 0.25) is 0 Å². The molecule has 1 aromatic rings. The lowest BCUT2D eigenvalue weighted by molar-refractivity contribution is -0.153. The molecule has 1 fully saturated rings. The predicted molar refractivity (Wildman–Crippen MR) is 67.2 cm³/mol. The highest BCUT2D eigenvalue weighted by atomic mass is 19.1. The number of esters is 1. The van der Waals surface area contributed by atoms with Crippen LogP contribution in [0.3, 0.4) is 0 Å². The van der Waals surface area contributed by atoms with Crippen molar-refractivity contribution in [2.75, 3.05) is 5.73 Å². The molecule has 1 aromatic heterocycles. The highest BCUT2D eigenvalue weighted by Crippen LogP contribution is 2.35. The Bertz CT molecular complexity index is 589. The fourth-order valence-electron chi connectivity index (χ4n) is 2.17. The van der Waals surface area contributed by atoms with E-state index in [2.05, 4.69) is 4.98 Å². The molecule has 1 saturated heterocycles. The molecule has 0 saturated carbocycles. The summed E-state index contributed by atoms with van der Waals surface area (Å²) in [4.78, 5) is 26.3. The van der Waals surface area contributed by atoms with Gasteiger partial charge in [-0.15, -0.1) is 0 Å². The number of anilines is 1. The number of nitrogen functional groups attached to an aromatic ring is 1. The molecule has 110 valence electrons. The van der Waals surface area contributed by atoms with Crippen molar-refractivity contribution in [1.29, 1.82) is 0 Å². The SMILES string of the molecule is CC(=O)OC1C(C)C(C)OC1n1cc(F)c(N)nc1=O. The zero-order valence-corrected chi connectivity index (χ0v) is 11.4. The zero-order chi connectivity index (χ0) is 15.0. The average Bonchev–Trinajstić information content (AvgIpc) is 2.61. The molecule has 0 aromatic carbocycles. The summed E-state index contributed by atoms with van der Waals surface area (Å²) in [5, 5.41) is 0. The summed E-state index contributed by atoms with van der Waals surface area (Å²) in [5.74, 6) is -1.95. The van der Waals surface area contributed by atoms with Crippen molar-refractivity contribution in [1.82, 2.24) is 9.55 Å². The Balaban J connectivity index is 2.42. The van der Waals surface area contributed by atoms with E-state index in [1.54, 1.807) is 6.92 Å². The van der Waals surface area contributed by atoms with Crippen LogP contribution in [0.15, 0.2) is 11.0 Å². The Hall–Kier alpha value is -1.96. The molecule has 8 heteroatoms. The maximum Gasteiger partial charge on any atom is 0.351 e. The molecular formula is C12H16FN3O4. The first-order valence-electron chi connectivity index (χ1n) is 6.18. The van der Waals surface area contributed by atoms with E-state index in [4.69, 9.17) is 15.2 Å². The lowest BCUT2D eigenvalue weighted by atomic mass is 10.0. The molecule has 4 unspecified atom stereocenters. The fourth-order valence-corrected chi connectivity index (χ4v) is 2.17. The van der Waals surface area contributed by atoms with E-state index in [9.17, 15) is 14.0 Å². The summed E-state index contributed by atoms with van der Waals surface area (Å²) in [6.07, 6.45) is -0.947. The van der Waals surface area contributed by atoms with Crippen molar-refractivity contribution in [2.45, 2.75) is 39.2 Å². The molecule has 0 spiro atoms. The molecule has 0 bridgehead atoms. The lowest BCUT2D eigenvalue weighted by Crippen LogP contribution is -2.36. The summed E-state index contributed by atoms with van der Waals surface area (Å²) in [6, 6.07) is 0. The standard InChI is InChI=1S/C12H16FN3O4/c1-5-6(2)19-11(9(5)20-7(3)17)16-4-8(13)10(14)15-12(16)18/h4-6,9,11H,1-3H3,(H2,14,15,18). The lowest BCUT2D eigenvalue weighted by Gasteiger charge is -2.22. The van der Waals surface area contributed by atoms with Gasteiger partial charge in [0.1, 0.15) is 0 Å². The van der Waals surface area contributed by atoms with Crippen LogP contribution in [-0.2, 0) is 14.3 Å². The van der Waals surface area contributed by atoms with Crippen molar-refractivity contribution >= 4 is 11.8 Å². The number of rotatable bonds is 2. The van der Waals surface area contributed by atoms with E-state index in [1.165, 1.54) is 6.92 Å². The molecule has 1 aliphatic rings. The first kappa shape index (κ1) is 14.4. The predicted octanol–water partition coefficient (Wildman–Crippen LogP) is 0.450. The van der Waals surface area contributed by atoms with Crippen LogP contribution < -0.4 is 11.4 Å². The van der Waals surface area contributed by atoms with Crippen LogP contribution in [0.1, 0.15) is 27.0 Å². The molecule has 0 amide bonds. The molecule has 1 aliphatic heterocycles. The largest absolute Gasteiger partial charge is 0.457 e. The maximum atomic E-state index is 13.5. The van der Waals surface area contributed by atoms with E-state index in [0.29, 0.717) is 0 Å². The number of nitrogens with zero attached hydrogens (tertiary/aromatic N) is 2. The smallest absolute Gasteiger partial charge is 0.351 e. The average molecular weight is 285 g/mol. The van der Waals surface area contributed by atoms with Crippen LogP contribution >= 0.6 is 0 Å². The third kappa shape index (κ3) is 2.51. The molecule has 2 rings (SSSR count). The van der Waals surface area contributed by atoms with Gasteiger partial charge in [0, 0.05) is 12.8 Å². The number of hydrogen-bond acceptors (Lipinski definition) is 6. The van der Waals surface area contributed by atoms with Crippen LogP contribution in [0.4, 0.5) is 10.2 Å². The Labute approximate surface area is 114 Å². The third-order valence-corrected chi connectivity index (χ3v) is 3.40. The summed E-state index contributed by atoms with van der Waals surface area (Å²) >= 11 is 0. The van der Waals surface area contributed by atoms with Gasteiger partial charge in [-0.1, -0.05) is 6.92 Å².